The first-order valence-corrected chi connectivity index (χ1v) is 21.7. The van der Waals surface area contributed by atoms with Crippen molar-refractivity contribution in [2.45, 2.75) is 122 Å². The highest BCUT2D eigenvalue weighted by molar-refractivity contribution is 5.91. The average Bonchev–Trinajstić information content (AvgIpc) is 3.94. The summed E-state index contributed by atoms with van der Waals surface area (Å²) in [6.07, 6.45) is 3.20. The Morgan fingerprint density at radius 3 is 2.08 bits per heavy atom. The van der Waals surface area contributed by atoms with E-state index in [4.69, 9.17) is 14.2 Å². The van der Waals surface area contributed by atoms with Gasteiger partial charge in [-0.05, 0) is 59.2 Å². The van der Waals surface area contributed by atoms with Gasteiger partial charge in [-0.15, -0.1) is 10.2 Å². The molecule has 1 saturated heterocycles. The minimum atomic E-state index is -1.26. The summed E-state index contributed by atoms with van der Waals surface area (Å²) in [5.74, 6) is -2.62. The van der Waals surface area contributed by atoms with Crippen LogP contribution in [-0.2, 0) is 36.9 Å². The van der Waals surface area contributed by atoms with Gasteiger partial charge in [-0.2, -0.15) is 0 Å². The number of aliphatic hydroxyl groups excluding tert-OH is 3. The lowest BCUT2D eigenvalue weighted by Crippen LogP contribution is -2.63. The van der Waals surface area contributed by atoms with Crippen LogP contribution in [0, 0.1) is 23.7 Å². The molecule has 4 heterocycles. The van der Waals surface area contributed by atoms with Crippen LogP contribution < -0.4 is 0 Å². The number of esters is 1. The summed E-state index contributed by atoms with van der Waals surface area (Å²) in [5, 5.41) is 52.1. The molecule has 0 radical (unpaired) electrons. The van der Waals surface area contributed by atoms with Gasteiger partial charge in [0.2, 0.25) is 0 Å². The molecule has 3 N–H and O–H groups in total. The van der Waals surface area contributed by atoms with Crippen molar-refractivity contribution in [3.63, 3.8) is 0 Å². The molecule has 0 amide bonds. The number of ketones is 1. The van der Waals surface area contributed by atoms with E-state index in [1.54, 1.807) is 54.4 Å². The van der Waals surface area contributed by atoms with Crippen LogP contribution in [0.2, 0.25) is 0 Å². The Balaban J connectivity index is 1.32. The van der Waals surface area contributed by atoms with Crippen molar-refractivity contribution in [2.24, 2.45) is 23.7 Å². The number of cyclic esters (lactones) is 1. The maximum absolute atomic E-state index is 14.0. The first-order chi connectivity index (χ1) is 29.7. The number of benzene rings is 2. The summed E-state index contributed by atoms with van der Waals surface area (Å²) >= 11 is 0. The Labute approximate surface area is 364 Å². The van der Waals surface area contributed by atoms with Gasteiger partial charge in [0.25, 0.3) is 0 Å². The highest BCUT2D eigenvalue weighted by atomic mass is 16.7. The quantitative estimate of drug-likeness (QED) is 0.169. The molecule has 12 atom stereocenters. The zero-order valence-corrected chi connectivity index (χ0v) is 36.8. The molecule has 2 aliphatic rings. The molecule has 4 aromatic rings. The van der Waals surface area contributed by atoms with Gasteiger partial charge >= 0.3 is 5.97 Å². The molecule has 15 nitrogen and oxygen atoms in total. The fourth-order valence-corrected chi connectivity index (χ4v) is 8.65. The van der Waals surface area contributed by atoms with E-state index in [1.165, 1.54) is 0 Å². The van der Waals surface area contributed by atoms with Gasteiger partial charge in [0.15, 0.2) is 12.1 Å². The maximum atomic E-state index is 14.0. The second-order valence-electron chi connectivity index (χ2n) is 17.2. The van der Waals surface area contributed by atoms with Gasteiger partial charge in [0, 0.05) is 35.4 Å². The van der Waals surface area contributed by atoms with Gasteiger partial charge in [0.05, 0.1) is 55.8 Å². The van der Waals surface area contributed by atoms with Crippen LogP contribution in [0.3, 0.4) is 0 Å². The summed E-state index contributed by atoms with van der Waals surface area (Å²) in [7, 11) is 3.53. The molecule has 62 heavy (non-hydrogen) atoms. The molecule has 15 heteroatoms. The lowest BCUT2D eigenvalue weighted by Gasteiger charge is -2.46. The molecule has 0 spiro atoms. The third-order valence-electron chi connectivity index (χ3n) is 12.3. The Kier molecular flexibility index (Phi) is 16.1. The van der Waals surface area contributed by atoms with Crippen molar-refractivity contribution in [1.82, 2.24) is 34.9 Å². The third-order valence-corrected chi connectivity index (χ3v) is 12.3. The number of ether oxygens (including phenoxy) is 3. The molecule has 6 rings (SSSR count). The first kappa shape index (κ1) is 46.6. The van der Waals surface area contributed by atoms with Crippen LogP contribution in [0.1, 0.15) is 60.3 Å². The Bertz CT molecular complexity index is 2110. The lowest BCUT2D eigenvalue weighted by atomic mass is 9.79. The van der Waals surface area contributed by atoms with Gasteiger partial charge in [-0.3, -0.25) is 19.0 Å². The SMILES string of the molecule is CC[C@H]1OC(=O)C[C@@H](O)[C@H](C)[C@@H](O[C@@H]2O[C@@H](C)C(O)C(N(C)C)C2O)[C@@H](CCn2cc(-c3ccccc3)nn2)C[C@@H](C)C(=O)/C=C/C(C)=C/[C@@H]1Cn1cc(-c2ccccc2)nn1. The number of rotatable bonds is 11. The van der Waals surface area contributed by atoms with E-state index in [2.05, 4.69) is 20.6 Å². The summed E-state index contributed by atoms with van der Waals surface area (Å²) in [4.78, 5) is 29.6. The highest BCUT2D eigenvalue weighted by Gasteiger charge is 2.47. The van der Waals surface area contributed by atoms with Crippen LogP contribution >= 0.6 is 0 Å². The van der Waals surface area contributed by atoms with Crippen molar-refractivity contribution >= 4 is 11.8 Å². The molecular weight excluding hydrogens is 791 g/mol. The van der Waals surface area contributed by atoms with Crippen LogP contribution in [0.25, 0.3) is 22.5 Å². The summed E-state index contributed by atoms with van der Waals surface area (Å²) in [6, 6.07) is 18.8. The fraction of sp³-hybridized carbons (Fsp3) is 0.532. The van der Waals surface area contributed by atoms with Gasteiger partial charge < -0.3 is 34.4 Å². The largest absolute Gasteiger partial charge is 0.462 e. The van der Waals surface area contributed by atoms with E-state index in [1.807, 2.05) is 99.9 Å². The molecule has 0 bridgehead atoms. The third kappa shape index (κ3) is 11.8. The van der Waals surface area contributed by atoms with Crippen LogP contribution in [0.5, 0.6) is 0 Å². The Morgan fingerprint density at radius 1 is 0.855 bits per heavy atom. The molecule has 2 aliphatic heterocycles. The molecule has 2 aromatic heterocycles. The number of likely N-dealkylation sites (N-methyl/N-ethyl adjacent to an activating group) is 1. The monoisotopic (exact) mass is 853 g/mol. The first-order valence-electron chi connectivity index (χ1n) is 21.7. The number of hydrogen-bond acceptors (Lipinski definition) is 13. The minimum absolute atomic E-state index is 0.0916. The lowest BCUT2D eigenvalue weighted by molar-refractivity contribution is -0.304. The number of carbonyl (C=O) groups is 2. The number of aromatic nitrogens is 6. The van der Waals surface area contributed by atoms with E-state index >= 15 is 0 Å². The van der Waals surface area contributed by atoms with E-state index < -0.39 is 72.7 Å². The van der Waals surface area contributed by atoms with Crippen LogP contribution in [0.15, 0.2) is 96.9 Å². The smallest absolute Gasteiger partial charge is 0.308 e. The number of carbonyl (C=O) groups excluding carboxylic acids is 2. The number of aliphatic hydroxyl groups is 3. The molecule has 0 saturated carbocycles. The Morgan fingerprint density at radius 2 is 1.47 bits per heavy atom. The average molecular weight is 854 g/mol. The zero-order valence-electron chi connectivity index (χ0n) is 36.8. The zero-order chi connectivity index (χ0) is 44.5. The standard InChI is InChI=1S/C47H63N7O8/c1-8-41-36(26-54-28-38(49-51-54)34-17-13-10-14-18-34)23-29(2)19-20-39(55)30(3)24-35(21-22-53-27-37(48-50-53)33-15-11-9-12-16-33)46(31(4)40(56)25-42(57)61-41)62-47-45(59)43(52(6)7)44(58)32(5)60-47/h9-20,23,27-28,30-32,35-36,40-41,43-47,56,58-59H,8,21-22,24-26H2,1-7H3/b20-19+,29-23+/t30-,31+,32+,35+,36-,40-,41-,43?,44?,45?,46-,47+/m1/s1. The fourth-order valence-electron chi connectivity index (χ4n) is 8.65. The molecule has 334 valence electrons. The van der Waals surface area contributed by atoms with Gasteiger partial charge in [-0.1, -0.05) is 110 Å². The maximum Gasteiger partial charge on any atom is 0.308 e. The molecule has 1 fully saturated rings. The topological polar surface area (TPSA) is 187 Å². The van der Waals surface area contributed by atoms with Crippen LogP contribution in [0.4, 0.5) is 0 Å². The van der Waals surface area contributed by atoms with Gasteiger partial charge in [0.1, 0.15) is 23.6 Å². The van der Waals surface area contributed by atoms with E-state index in [-0.39, 0.29) is 18.1 Å². The predicted molar refractivity (Wildman–Crippen MR) is 233 cm³/mol. The summed E-state index contributed by atoms with van der Waals surface area (Å²) in [5.41, 5.74) is 4.08. The molecule has 3 unspecified atom stereocenters. The number of nitrogens with zero attached hydrogens (tertiary/aromatic N) is 7. The molecular formula is C47H63N7O8. The van der Waals surface area contributed by atoms with Crippen molar-refractivity contribution in [2.75, 3.05) is 14.1 Å². The van der Waals surface area contributed by atoms with E-state index in [9.17, 15) is 24.9 Å². The van der Waals surface area contributed by atoms with Crippen molar-refractivity contribution < 1.29 is 39.1 Å². The van der Waals surface area contributed by atoms with Crippen molar-refractivity contribution in [3.05, 3.63) is 96.9 Å². The molecule has 2 aromatic carbocycles. The van der Waals surface area contributed by atoms with E-state index in [0.29, 0.717) is 43.7 Å². The normalized spacial score (nSPS) is 32.0. The van der Waals surface area contributed by atoms with Crippen molar-refractivity contribution in [1.29, 1.82) is 0 Å². The second kappa shape index (κ2) is 21.5. The Hall–Kier alpha value is -4.90. The predicted octanol–water partition coefficient (Wildman–Crippen LogP) is 5.13. The summed E-state index contributed by atoms with van der Waals surface area (Å²) in [6.45, 7) is 9.98. The number of hydrogen-bond donors (Lipinski definition) is 3. The van der Waals surface area contributed by atoms with Crippen LogP contribution in [-0.4, -0.2) is 125 Å². The van der Waals surface area contributed by atoms with Crippen molar-refractivity contribution in [3.8, 4) is 22.5 Å². The number of aryl methyl sites for hydroxylation is 1. The van der Waals surface area contributed by atoms with E-state index in [0.717, 1.165) is 16.7 Å². The highest BCUT2D eigenvalue weighted by Crippen LogP contribution is 2.35. The minimum Gasteiger partial charge on any atom is -0.462 e. The number of allylic oxidation sites excluding steroid dienone is 3. The second-order valence-corrected chi connectivity index (χ2v) is 17.2. The molecule has 0 aliphatic carbocycles. The van der Waals surface area contributed by atoms with Gasteiger partial charge in [-0.25, -0.2) is 0 Å². The summed E-state index contributed by atoms with van der Waals surface area (Å²) < 4.78 is 22.6.